The molecule has 0 fully saturated rings. The first-order valence-corrected chi connectivity index (χ1v) is 6.21. The van der Waals surface area contributed by atoms with Gasteiger partial charge in [-0.25, -0.2) is 0 Å². The molecule has 0 saturated heterocycles. The molecule has 0 aromatic heterocycles. The van der Waals surface area contributed by atoms with Crippen molar-refractivity contribution in [2.75, 3.05) is 11.5 Å². The lowest BCUT2D eigenvalue weighted by Gasteiger charge is -1.96. The van der Waals surface area contributed by atoms with Gasteiger partial charge in [0.05, 0.1) is 0 Å². The number of fused-ring (bicyclic) bond motifs is 1. The Bertz CT molecular complexity index is 657. The van der Waals surface area contributed by atoms with E-state index < -0.39 is 0 Å². The van der Waals surface area contributed by atoms with Gasteiger partial charge in [0.1, 0.15) is 0 Å². The van der Waals surface area contributed by atoms with Gasteiger partial charge in [0.15, 0.2) is 0 Å². The van der Waals surface area contributed by atoms with Crippen LogP contribution in [0.5, 0.6) is 0 Å². The van der Waals surface area contributed by atoms with Gasteiger partial charge in [-0.15, -0.1) is 0 Å². The number of anilines is 2. The van der Waals surface area contributed by atoms with Crippen LogP contribution in [0, 0.1) is 6.92 Å². The average Bonchev–Trinajstić information content (AvgIpc) is 2.39. The number of rotatable bonds is 0. The predicted octanol–water partition coefficient (Wildman–Crippen LogP) is 4.00. The largest absolute Gasteiger partial charge is 0.399 e. The van der Waals surface area contributed by atoms with Gasteiger partial charge >= 0.3 is 0 Å². The smallest absolute Gasteiger partial charge is 0.0320 e. The van der Waals surface area contributed by atoms with Crippen LogP contribution in [-0.4, -0.2) is 0 Å². The SMILES string of the molecule is Cc1cccc(N)c1.Nc1ccc2ccccc2c1. The number of benzene rings is 3. The lowest BCUT2D eigenvalue weighted by molar-refractivity contribution is 1.47. The maximum absolute atomic E-state index is 5.62. The minimum atomic E-state index is 0.823. The normalized spacial score (nSPS) is 9.74. The topological polar surface area (TPSA) is 52.0 Å². The molecule has 0 saturated carbocycles. The van der Waals surface area contributed by atoms with Crippen LogP contribution in [0.4, 0.5) is 11.4 Å². The Morgan fingerprint density at radius 2 is 1.32 bits per heavy atom. The van der Waals surface area contributed by atoms with Gasteiger partial charge in [0, 0.05) is 11.4 Å². The molecular weight excluding hydrogens is 232 g/mol. The van der Waals surface area contributed by atoms with Crippen molar-refractivity contribution in [2.24, 2.45) is 0 Å². The van der Waals surface area contributed by atoms with Gasteiger partial charge in [0.2, 0.25) is 0 Å². The van der Waals surface area contributed by atoms with Crippen LogP contribution < -0.4 is 11.5 Å². The monoisotopic (exact) mass is 250 g/mol. The zero-order valence-corrected chi connectivity index (χ0v) is 11.0. The minimum absolute atomic E-state index is 0.823. The highest BCUT2D eigenvalue weighted by Crippen LogP contribution is 2.16. The van der Waals surface area contributed by atoms with Crippen molar-refractivity contribution in [3.8, 4) is 0 Å². The average molecular weight is 250 g/mol. The predicted molar refractivity (Wildman–Crippen MR) is 84.0 cm³/mol. The van der Waals surface area contributed by atoms with E-state index in [1.165, 1.54) is 16.3 Å². The van der Waals surface area contributed by atoms with Crippen molar-refractivity contribution < 1.29 is 0 Å². The van der Waals surface area contributed by atoms with Gasteiger partial charge in [-0.05, 0) is 47.5 Å². The molecule has 3 rings (SSSR count). The Hall–Kier alpha value is -2.48. The number of hydrogen-bond donors (Lipinski definition) is 2. The molecule has 3 aromatic rings. The summed E-state index contributed by atoms with van der Waals surface area (Å²) in [4.78, 5) is 0. The van der Waals surface area contributed by atoms with E-state index in [9.17, 15) is 0 Å². The van der Waals surface area contributed by atoms with Gasteiger partial charge in [0.25, 0.3) is 0 Å². The van der Waals surface area contributed by atoms with Crippen molar-refractivity contribution >= 4 is 22.1 Å². The quantitative estimate of drug-likeness (QED) is 0.592. The first-order chi connectivity index (χ1) is 9.15. The lowest BCUT2D eigenvalue weighted by atomic mass is 10.1. The van der Waals surface area contributed by atoms with Crippen LogP contribution in [0.2, 0.25) is 0 Å². The molecule has 0 radical (unpaired) electrons. The van der Waals surface area contributed by atoms with Crippen LogP contribution in [0.15, 0.2) is 66.7 Å². The molecule has 0 spiro atoms. The molecule has 0 heterocycles. The molecule has 0 unspecified atom stereocenters. The van der Waals surface area contributed by atoms with E-state index in [1.807, 2.05) is 61.5 Å². The van der Waals surface area contributed by atoms with E-state index in [1.54, 1.807) is 0 Å². The second kappa shape index (κ2) is 5.91. The summed E-state index contributed by atoms with van der Waals surface area (Å²) in [5, 5.41) is 2.44. The Labute approximate surface area is 113 Å². The van der Waals surface area contributed by atoms with Gasteiger partial charge in [-0.3, -0.25) is 0 Å². The van der Waals surface area contributed by atoms with E-state index in [4.69, 9.17) is 11.5 Å². The molecule has 0 aliphatic carbocycles. The fourth-order valence-corrected chi connectivity index (χ4v) is 1.88. The Morgan fingerprint density at radius 3 is 1.95 bits per heavy atom. The van der Waals surface area contributed by atoms with Crippen LogP contribution in [0.3, 0.4) is 0 Å². The molecule has 0 bridgehead atoms. The zero-order chi connectivity index (χ0) is 13.7. The third kappa shape index (κ3) is 3.75. The number of nitrogen functional groups attached to an aromatic ring is 2. The molecule has 2 heteroatoms. The molecule has 3 aromatic carbocycles. The highest BCUT2D eigenvalue weighted by Gasteiger charge is 1.90. The van der Waals surface area contributed by atoms with E-state index >= 15 is 0 Å². The molecule has 96 valence electrons. The fourth-order valence-electron chi connectivity index (χ4n) is 1.88. The highest BCUT2D eigenvalue weighted by atomic mass is 14.5. The van der Waals surface area contributed by atoms with Crippen LogP contribution in [0.1, 0.15) is 5.56 Å². The van der Waals surface area contributed by atoms with Gasteiger partial charge in [-0.2, -0.15) is 0 Å². The minimum Gasteiger partial charge on any atom is -0.399 e. The number of nitrogens with two attached hydrogens (primary N) is 2. The fraction of sp³-hybridized carbons (Fsp3) is 0.0588. The summed E-state index contributed by atoms with van der Waals surface area (Å²) in [6.45, 7) is 2.02. The van der Waals surface area contributed by atoms with E-state index in [0.717, 1.165) is 11.4 Å². The molecule has 0 atom stereocenters. The van der Waals surface area contributed by atoms with Crippen molar-refractivity contribution in [1.29, 1.82) is 0 Å². The Kier molecular flexibility index (Phi) is 4.04. The Morgan fingerprint density at radius 1 is 0.632 bits per heavy atom. The molecule has 19 heavy (non-hydrogen) atoms. The first-order valence-electron chi connectivity index (χ1n) is 6.21. The molecular formula is C17H18N2. The van der Waals surface area contributed by atoms with Crippen molar-refractivity contribution in [1.82, 2.24) is 0 Å². The maximum Gasteiger partial charge on any atom is 0.0320 e. The summed E-state index contributed by atoms with van der Waals surface area (Å²) in [7, 11) is 0. The van der Waals surface area contributed by atoms with E-state index in [0.29, 0.717) is 0 Å². The summed E-state index contributed by atoms with van der Waals surface area (Å²) < 4.78 is 0. The standard InChI is InChI=1S/C10H9N.C7H9N/c11-10-6-5-8-3-1-2-4-9(8)7-10;1-6-3-2-4-7(8)5-6/h1-7H,11H2;2-5H,8H2,1H3. The highest BCUT2D eigenvalue weighted by molar-refractivity contribution is 5.85. The molecule has 2 nitrogen and oxygen atoms in total. The lowest BCUT2D eigenvalue weighted by Crippen LogP contribution is -1.82. The van der Waals surface area contributed by atoms with Crippen LogP contribution >= 0.6 is 0 Å². The summed E-state index contributed by atoms with van der Waals surface area (Å²) in [6, 6.07) is 21.9. The molecule has 0 aliphatic heterocycles. The van der Waals surface area contributed by atoms with E-state index in [2.05, 4.69) is 12.1 Å². The van der Waals surface area contributed by atoms with Crippen LogP contribution in [-0.2, 0) is 0 Å². The third-order valence-electron chi connectivity index (χ3n) is 2.82. The van der Waals surface area contributed by atoms with Gasteiger partial charge < -0.3 is 11.5 Å². The van der Waals surface area contributed by atoms with E-state index in [-0.39, 0.29) is 0 Å². The second-order valence-corrected chi connectivity index (χ2v) is 4.52. The number of aryl methyl sites for hydroxylation is 1. The maximum atomic E-state index is 5.62. The molecule has 4 N–H and O–H groups in total. The van der Waals surface area contributed by atoms with Crippen molar-refractivity contribution in [3.05, 3.63) is 72.3 Å². The number of hydrogen-bond acceptors (Lipinski definition) is 2. The van der Waals surface area contributed by atoms with Crippen LogP contribution in [0.25, 0.3) is 10.8 Å². The van der Waals surface area contributed by atoms with Gasteiger partial charge in [-0.1, -0.05) is 42.5 Å². The zero-order valence-electron chi connectivity index (χ0n) is 11.0. The first kappa shape index (κ1) is 13.0. The Balaban J connectivity index is 0.000000148. The third-order valence-corrected chi connectivity index (χ3v) is 2.82. The van der Waals surface area contributed by atoms with Crippen molar-refractivity contribution in [2.45, 2.75) is 6.92 Å². The molecule has 0 amide bonds. The second-order valence-electron chi connectivity index (χ2n) is 4.52. The summed E-state index contributed by atoms with van der Waals surface area (Å²) in [5.74, 6) is 0. The summed E-state index contributed by atoms with van der Waals surface area (Å²) >= 11 is 0. The van der Waals surface area contributed by atoms with Crippen molar-refractivity contribution in [3.63, 3.8) is 0 Å². The summed E-state index contributed by atoms with van der Waals surface area (Å²) in [6.07, 6.45) is 0. The summed E-state index contributed by atoms with van der Waals surface area (Å²) in [5.41, 5.74) is 14.0. The molecule has 0 aliphatic rings.